The van der Waals surface area contributed by atoms with Crippen molar-refractivity contribution in [1.29, 1.82) is 0 Å². The molecule has 1 aromatic rings. The second-order valence-electron chi connectivity index (χ2n) is 2.41. The van der Waals surface area contributed by atoms with Gasteiger partial charge in [-0.1, -0.05) is 53.0 Å². The van der Waals surface area contributed by atoms with Crippen LogP contribution in [0.3, 0.4) is 0 Å². The molecular weight excluding hydrogens is 285 g/mol. The minimum Gasteiger partial charge on any atom is -0.404 e. The molecule has 0 fully saturated rings. The summed E-state index contributed by atoms with van der Waals surface area (Å²) in [7, 11) is -4.43. The van der Waals surface area contributed by atoms with Gasteiger partial charge in [0.25, 0.3) is 0 Å². The van der Waals surface area contributed by atoms with E-state index in [1.807, 2.05) is 0 Å². The Kier molecular flexibility index (Phi) is 4.29. The Morgan fingerprint density at radius 2 is 1.73 bits per heavy atom. The van der Waals surface area contributed by atoms with E-state index in [4.69, 9.17) is 39.7 Å². The fourth-order valence-corrected chi connectivity index (χ4v) is 2.24. The average molecular weight is 291 g/mol. The number of para-hydroxylation sites is 1. The molecule has 15 heavy (non-hydrogen) atoms. The van der Waals surface area contributed by atoms with E-state index in [9.17, 15) is 4.57 Å². The molecule has 0 saturated heterocycles. The highest BCUT2D eigenvalue weighted by Crippen LogP contribution is 2.51. The van der Waals surface area contributed by atoms with Crippen LogP contribution in [-0.4, -0.2) is 8.87 Å². The summed E-state index contributed by atoms with van der Waals surface area (Å²) in [6.07, 6.45) is 0. The first kappa shape index (κ1) is 13.1. The van der Waals surface area contributed by atoms with E-state index >= 15 is 0 Å². The van der Waals surface area contributed by atoms with Crippen LogP contribution in [0.4, 0.5) is 0 Å². The molecule has 0 aliphatic rings. The van der Waals surface area contributed by atoms with Gasteiger partial charge < -0.3 is 4.52 Å². The summed E-state index contributed by atoms with van der Waals surface area (Å²) in [5.41, 5.74) is 0. The minimum atomic E-state index is -4.43. The van der Waals surface area contributed by atoms with Crippen molar-refractivity contribution < 1.29 is 18.5 Å². The van der Waals surface area contributed by atoms with E-state index in [0.29, 0.717) is 0 Å². The third-order valence-corrected chi connectivity index (χ3v) is 2.68. The largest absolute Gasteiger partial charge is 0.531 e. The Morgan fingerprint density at radius 3 is 2.20 bits per heavy atom. The molecule has 8 heteroatoms. The lowest BCUT2D eigenvalue weighted by molar-refractivity contribution is 0.202. The van der Waals surface area contributed by atoms with Crippen LogP contribution >= 0.6 is 42.6 Å². The normalized spacial score (nSPS) is 15.7. The van der Waals surface area contributed by atoms with Crippen molar-refractivity contribution in [2.75, 3.05) is 0 Å². The lowest BCUT2D eigenvalue weighted by Crippen LogP contribution is -2.09. The number of phosphoric ester groups is 1. The standard InChI is InChI=1S/C7H6Cl3O4P/c8-7(9,10)14-15(11,12)13-6-4-2-1-3-5-6/h1-5H,(H,11,12). The van der Waals surface area contributed by atoms with Crippen LogP contribution in [-0.2, 0) is 9.09 Å². The van der Waals surface area contributed by atoms with E-state index in [-0.39, 0.29) is 5.75 Å². The van der Waals surface area contributed by atoms with Gasteiger partial charge in [-0.2, -0.15) is 0 Å². The molecule has 0 aliphatic carbocycles. The molecule has 1 N–H and O–H groups in total. The Hall–Kier alpha value is 0.0400. The fraction of sp³-hybridized carbons (Fsp3) is 0.143. The zero-order valence-electron chi connectivity index (χ0n) is 7.14. The quantitative estimate of drug-likeness (QED) is 0.684. The first-order valence-corrected chi connectivity index (χ1v) is 6.26. The summed E-state index contributed by atoms with van der Waals surface area (Å²) in [5.74, 6) is 0.137. The van der Waals surface area contributed by atoms with Crippen molar-refractivity contribution in [3.8, 4) is 5.75 Å². The molecule has 0 radical (unpaired) electrons. The zero-order valence-corrected chi connectivity index (χ0v) is 10.3. The van der Waals surface area contributed by atoms with Crippen LogP contribution in [0.25, 0.3) is 0 Å². The summed E-state index contributed by atoms with van der Waals surface area (Å²) < 4.78 is 17.8. The maximum Gasteiger partial charge on any atom is 0.531 e. The van der Waals surface area contributed by atoms with Gasteiger partial charge in [0.1, 0.15) is 5.75 Å². The van der Waals surface area contributed by atoms with Gasteiger partial charge in [0.2, 0.25) is 0 Å². The van der Waals surface area contributed by atoms with Crippen molar-refractivity contribution in [2.24, 2.45) is 0 Å². The molecule has 1 atom stereocenters. The second kappa shape index (κ2) is 4.91. The third-order valence-electron chi connectivity index (χ3n) is 1.18. The number of phosphoric acid groups is 1. The number of alkyl halides is 3. The molecule has 0 aromatic heterocycles. The highest BCUT2D eigenvalue weighted by atomic mass is 35.6. The molecule has 0 saturated carbocycles. The van der Waals surface area contributed by atoms with Crippen LogP contribution in [0.1, 0.15) is 0 Å². The topological polar surface area (TPSA) is 55.8 Å². The molecule has 0 amide bonds. The molecule has 84 valence electrons. The van der Waals surface area contributed by atoms with Crippen LogP contribution in [0, 0.1) is 0 Å². The van der Waals surface area contributed by atoms with E-state index in [0.717, 1.165) is 0 Å². The fourth-order valence-electron chi connectivity index (χ4n) is 0.764. The highest BCUT2D eigenvalue weighted by molar-refractivity contribution is 7.48. The monoisotopic (exact) mass is 290 g/mol. The van der Waals surface area contributed by atoms with Gasteiger partial charge in [-0.3, -0.25) is 4.89 Å². The van der Waals surface area contributed by atoms with Crippen molar-refractivity contribution >= 4 is 42.6 Å². The van der Waals surface area contributed by atoms with Crippen molar-refractivity contribution in [3.05, 3.63) is 30.3 Å². The zero-order chi connectivity index (χ0) is 11.5. The summed E-state index contributed by atoms with van der Waals surface area (Å²) in [6, 6.07) is 7.87. The molecular formula is C7H6Cl3O4P. The maximum absolute atomic E-state index is 11.3. The van der Waals surface area contributed by atoms with Crippen LogP contribution in [0.5, 0.6) is 5.75 Å². The van der Waals surface area contributed by atoms with E-state index in [1.165, 1.54) is 12.1 Å². The van der Waals surface area contributed by atoms with Gasteiger partial charge in [0.05, 0.1) is 0 Å². The summed E-state index contributed by atoms with van der Waals surface area (Å²) >= 11 is 15.5. The van der Waals surface area contributed by atoms with Gasteiger partial charge in [-0.05, 0) is 12.1 Å². The van der Waals surface area contributed by atoms with Gasteiger partial charge in [0, 0.05) is 0 Å². The van der Waals surface area contributed by atoms with Gasteiger partial charge in [0.15, 0.2) is 0 Å². The number of benzene rings is 1. The molecule has 1 aromatic carbocycles. The van der Waals surface area contributed by atoms with Crippen molar-refractivity contribution in [3.63, 3.8) is 0 Å². The highest BCUT2D eigenvalue weighted by Gasteiger charge is 2.35. The van der Waals surface area contributed by atoms with E-state index in [2.05, 4.69) is 9.05 Å². The van der Waals surface area contributed by atoms with Crippen LogP contribution in [0.2, 0.25) is 0 Å². The Labute approximate surface area is 101 Å². The maximum atomic E-state index is 11.3. The lowest BCUT2D eigenvalue weighted by atomic mass is 10.3. The number of rotatable bonds is 3. The molecule has 0 bridgehead atoms. The van der Waals surface area contributed by atoms with E-state index in [1.54, 1.807) is 18.2 Å². The van der Waals surface area contributed by atoms with Gasteiger partial charge in [-0.15, -0.1) is 0 Å². The number of hydrogen-bond donors (Lipinski definition) is 1. The molecule has 0 aliphatic heterocycles. The van der Waals surface area contributed by atoms with Crippen LogP contribution < -0.4 is 4.52 Å². The Balaban J connectivity index is 2.69. The second-order valence-corrected chi connectivity index (χ2v) is 5.89. The molecule has 4 nitrogen and oxygen atoms in total. The predicted molar refractivity (Wildman–Crippen MR) is 58.3 cm³/mol. The Morgan fingerprint density at radius 1 is 1.20 bits per heavy atom. The summed E-state index contributed by atoms with van der Waals surface area (Å²) in [4.78, 5) is 9.16. The lowest BCUT2D eigenvalue weighted by Gasteiger charge is -2.17. The molecule has 0 spiro atoms. The average Bonchev–Trinajstić information content (AvgIpc) is 1.99. The van der Waals surface area contributed by atoms with Gasteiger partial charge >= 0.3 is 11.8 Å². The number of halogens is 3. The molecule has 1 rings (SSSR count). The first-order valence-electron chi connectivity index (χ1n) is 3.63. The molecule has 0 heterocycles. The first-order chi connectivity index (χ1) is 6.79. The smallest absolute Gasteiger partial charge is 0.404 e. The SMILES string of the molecule is O=P(O)(Oc1ccccc1)OC(Cl)(Cl)Cl. The van der Waals surface area contributed by atoms with Gasteiger partial charge in [-0.25, -0.2) is 9.09 Å². The molecule has 1 unspecified atom stereocenters. The van der Waals surface area contributed by atoms with E-state index < -0.39 is 11.8 Å². The third kappa shape index (κ3) is 5.61. The van der Waals surface area contributed by atoms with Crippen molar-refractivity contribution in [2.45, 2.75) is 3.98 Å². The minimum absolute atomic E-state index is 0.137. The van der Waals surface area contributed by atoms with Crippen molar-refractivity contribution in [1.82, 2.24) is 0 Å². The summed E-state index contributed by atoms with van der Waals surface area (Å²) in [6.45, 7) is 0. The number of hydrogen-bond acceptors (Lipinski definition) is 3. The summed E-state index contributed by atoms with van der Waals surface area (Å²) in [5, 5.41) is 0. The predicted octanol–water partition coefficient (Wildman–Crippen LogP) is 3.51. The van der Waals surface area contributed by atoms with Crippen LogP contribution in [0.15, 0.2) is 30.3 Å². The Bertz CT molecular complexity index is 364.